The zero-order valence-electron chi connectivity index (χ0n) is 18.3. The van der Waals surface area contributed by atoms with Crippen LogP contribution in [0, 0.1) is 0 Å². The summed E-state index contributed by atoms with van der Waals surface area (Å²) in [6.07, 6.45) is 2.86. The van der Waals surface area contributed by atoms with Crippen molar-refractivity contribution >= 4 is 57.4 Å². The van der Waals surface area contributed by atoms with Crippen LogP contribution in [-0.4, -0.2) is 54.5 Å². The monoisotopic (exact) mass is 480 g/mol. The molecule has 1 unspecified atom stereocenters. The number of rotatable bonds is 4. The average molecular weight is 481 g/mol. The number of nitrogen functional groups attached to an aromatic ring is 1. The molecule has 2 amide bonds. The lowest BCUT2D eigenvalue weighted by Crippen LogP contribution is -2.41. The van der Waals surface area contributed by atoms with E-state index in [-0.39, 0.29) is 29.5 Å². The zero-order chi connectivity index (χ0) is 24.0. The van der Waals surface area contributed by atoms with Gasteiger partial charge >= 0.3 is 6.01 Å². The first-order valence-electron chi connectivity index (χ1n) is 10.6. The Hall–Kier alpha value is -3.99. The molecule has 12 heteroatoms. The van der Waals surface area contributed by atoms with Gasteiger partial charge in [-0.1, -0.05) is 18.2 Å². The Morgan fingerprint density at radius 1 is 1.32 bits per heavy atom. The third-order valence-electron chi connectivity index (χ3n) is 5.70. The second kappa shape index (κ2) is 8.41. The minimum Gasteiger partial charge on any atom is -0.423 e. The molecule has 1 aliphatic rings. The van der Waals surface area contributed by atoms with E-state index in [9.17, 15) is 9.59 Å². The number of halogens is 1. The van der Waals surface area contributed by atoms with Crippen LogP contribution >= 0.6 is 11.6 Å². The third-order valence-corrected chi connectivity index (χ3v) is 5.93. The number of carbonyl (C=O) groups is 2. The number of carbonyl (C=O) groups excluding carboxylic acids is 2. The number of nitrogens with two attached hydrogens (primary N) is 1. The van der Waals surface area contributed by atoms with Gasteiger partial charge in [0.2, 0.25) is 5.91 Å². The van der Waals surface area contributed by atoms with Gasteiger partial charge in [0.1, 0.15) is 17.7 Å². The topological polar surface area (TPSA) is 145 Å². The number of benzene rings is 1. The largest absolute Gasteiger partial charge is 0.423 e. The molecule has 1 aliphatic heterocycles. The Balaban J connectivity index is 1.49. The van der Waals surface area contributed by atoms with Crippen LogP contribution < -0.4 is 11.1 Å². The van der Waals surface area contributed by atoms with Gasteiger partial charge in [0.05, 0.1) is 11.4 Å². The first-order valence-corrected chi connectivity index (χ1v) is 11.0. The van der Waals surface area contributed by atoms with Crippen LogP contribution in [-0.2, 0) is 4.79 Å². The van der Waals surface area contributed by atoms with Crippen LogP contribution in [0.2, 0.25) is 5.02 Å². The Kier molecular flexibility index (Phi) is 5.40. The summed E-state index contributed by atoms with van der Waals surface area (Å²) in [6.45, 7) is 6.49. The minimum atomic E-state index is -0.575. The third kappa shape index (κ3) is 3.83. The molecule has 0 bridgehead atoms. The molecule has 5 rings (SSSR count). The van der Waals surface area contributed by atoms with Crippen molar-refractivity contribution in [2.75, 3.05) is 24.1 Å². The zero-order valence-corrected chi connectivity index (χ0v) is 19.0. The SMILES string of the molecule is C=C(C)C(=O)N1CCCC(n2nc(C(=O)Nc3nc4cc(Cl)ccc4o3)c3c(N)ncnc32)C1. The van der Waals surface area contributed by atoms with Gasteiger partial charge in [0, 0.05) is 23.7 Å². The molecule has 1 saturated heterocycles. The van der Waals surface area contributed by atoms with E-state index in [1.54, 1.807) is 34.7 Å². The number of aromatic nitrogens is 5. The molecule has 3 aromatic heterocycles. The van der Waals surface area contributed by atoms with E-state index in [4.69, 9.17) is 21.8 Å². The van der Waals surface area contributed by atoms with E-state index in [1.807, 2.05) is 0 Å². The number of piperidine rings is 1. The molecular weight excluding hydrogens is 460 g/mol. The number of amides is 2. The summed E-state index contributed by atoms with van der Waals surface area (Å²) in [6, 6.07) is 4.77. The Labute approximate surface area is 198 Å². The van der Waals surface area contributed by atoms with E-state index < -0.39 is 5.91 Å². The van der Waals surface area contributed by atoms with Gasteiger partial charge in [-0.3, -0.25) is 14.9 Å². The van der Waals surface area contributed by atoms with Gasteiger partial charge in [0.15, 0.2) is 16.9 Å². The molecule has 0 spiro atoms. The molecular formula is C22H21ClN8O3. The quantitative estimate of drug-likeness (QED) is 0.423. The summed E-state index contributed by atoms with van der Waals surface area (Å²) in [5.41, 5.74) is 8.01. The molecule has 1 atom stereocenters. The van der Waals surface area contributed by atoms with E-state index in [0.29, 0.717) is 45.8 Å². The van der Waals surface area contributed by atoms with Gasteiger partial charge in [-0.05, 0) is 38.0 Å². The minimum absolute atomic E-state index is 0.00344. The van der Waals surface area contributed by atoms with Crippen LogP contribution in [0.5, 0.6) is 0 Å². The second-order valence-corrected chi connectivity index (χ2v) is 8.60. The molecule has 0 aliphatic carbocycles. The summed E-state index contributed by atoms with van der Waals surface area (Å²) in [5.74, 6) is -0.561. The molecule has 4 aromatic rings. The predicted molar refractivity (Wildman–Crippen MR) is 126 cm³/mol. The number of nitrogens with one attached hydrogen (secondary N) is 1. The van der Waals surface area contributed by atoms with Crippen molar-refractivity contribution in [2.24, 2.45) is 0 Å². The average Bonchev–Trinajstić information content (AvgIpc) is 3.40. The van der Waals surface area contributed by atoms with Crippen LogP contribution in [0.3, 0.4) is 0 Å². The fourth-order valence-corrected chi connectivity index (χ4v) is 4.29. The summed E-state index contributed by atoms with van der Waals surface area (Å²) in [7, 11) is 0. The lowest BCUT2D eigenvalue weighted by Gasteiger charge is -2.33. The van der Waals surface area contributed by atoms with Crippen molar-refractivity contribution in [1.29, 1.82) is 0 Å². The second-order valence-electron chi connectivity index (χ2n) is 8.16. The summed E-state index contributed by atoms with van der Waals surface area (Å²) in [5, 5.41) is 7.99. The van der Waals surface area contributed by atoms with Crippen LogP contribution in [0.4, 0.5) is 11.8 Å². The maximum Gasteiger partial charge on any atom is 0.302 e. The van der Waals surface area contributed by atoms with Crippen molar-refractivity contribution < 1.29 is 14.0 Å². The Morgan fingerprint density at radius 3 is 2.94 bits per heavy atom. The summed E-state index contributed by atoms with van der Waals surface area (Å²) >= 11 is 6.00. The van der Waals surface area contributed by atoms with E-state index in [1.165, 1.54) is 6.33 Å². The van der Waals surface area contributed by atoms with Crippen molar-refractivity contribution in [3.05, 3.63) is 47.4 Å². The molecule has 0 saturated carbocycles. The van der Waals surface area contributed by atoms with E-state index >= 15 is 0 Å². The van der Waals surface area contributed by atoms with Crippen molar-refractivity contribution in [3.8, 4) is 0 Å². The lowest BCUT2D eigenvalue weighted by molar-refractivity contribution is -0.128. The normalized spacial score (nSPS) is 16.2. The number of fused-ring (bicyclic) bond motifs is 2. The number of hydrogen-bond donors (Lipinski definition) is 2. The van der Waals surface area contributed by atoms with Gasteiger partial charge in [0.25, 0.3) is 5.91 Å². The van der Waals surface area contributed by atoms with Crippen LogP contribution in [0.1, 0.15) is 36.3 Å². The highest BCUT2D eigenvalue weighted by Crippen LogP contribution is 2.30. The fourth-order valence-electron chi connectivity index (χ4n) is 4.13. The first-order chi connectivity index (χ1) is 16.3. The molecule has 4 heterocycles. The number of likely N-dealkylation sites (tertiary alicyclic amines) is 1. The lowest BCUT2D eigenvalue weighted by atomic mass is 10.1. The highest BCUT2D eigenvalue weighted by molar-refractivity contribution is 6.31. The molecule has 34 heavy (non-hydrogen) atoms. The van der Waals surface area contributed by atoms with Crippen LogP contribution in [0.15, 0.2) is 41.1 Å². The molecule has 11 nitrogen and oxygen atoms in total. The van der Waals surface area contributed by atoms with Crippen molar-refractivity contribution in [1.82, 2.24) is 29.6 Å². The molecule has 1 fully saturated rings. The van der Waals surface area contributed by atoms with Gasteiger partial charge in [-0.2, -0.15) is 10.1 Å². The molecule has 3 N–H and O–H groups in total. The van der Waals surface area contributed by atoms with Gasteiger partial charge < -0.3 is 15.1 Å². The van der Waals surface area contributed by atoms with Crippen molar-refractivity contribution in [3.63, 3.8) is 0 Å². The maximum atomic E-state index is 13.2. The van der Waals surface area contributed by atoms with E-state index in [2.05, 4.69) is 31.9 Å². The fraction of sp³-hybridized carbons (Fsp3) is 0.273. The Bertz CT molecular complexity index is 1460. The van der Waals surface area contributed by atoms with Gasteiger partial charge in [-0.15, -0.1) is 0 Å². The smallest absolute Gasteiger partial charge is 0.302 e. The van der Waals surface area contributed by atoms with Gasteiger partial charge in [-0.25, -0.2) is 14.6 Å². The number of oxazole rings is 1. The maximum absolute atomic E-state index is 13.2. The molecule has 0 radical (unpaired) electrons. The van der Waals surface area contributed by atoms with Crippen molar-refractivity contribution in [2.45, 2.75) is 25.8 Å². The number of hydrogen-bond acceptors (Lipinski definition) is 8. The predicted octanol–water partition coefficient (Wildman–Crippen LogP) is 3.20. The highest BCUT2D eigenvalue weighted by Gasteiger charge is 2.30. The summed E-state index contributed by atoms with van der Waals surface area (Å²) in [4.78, 5) is 40.0. The molecule has 1 aromatic carbocycles. The standard InChI is InChI=1S/C22H21ClN8O3/c1-11(2)21(33)30-7-3-4-13(9-30)31-19-16(18(24)25-10-26-19)17(29-31)20(32)28-22-27-14-8-12(23)5-6-15(14)34-22/h5-6,8,10,13H,1,3-4,7,9H2,2H3,(H2,24,25,26)(H,27,28,32). The Morgan fingerprint density at radius 2 is 2.15 bits per heavy atom. The number of anilines is 2. The van der Waals surface area contributed by atoms with E-state index in [0.717, 1.165) is 12.8 Å². The molecule has 174 valence electrons. The summed E-state index contributed by atoms with van der Waals surface area (Å²) < 4.78 is 7.24. The first kappa shape index (κ1) is 21.8. The number of nitrogens with zero attached hydrogens (tertiary/aromatic N) is 6. The van der Waals surface area contributed by atoms with Crippen LogP contribution in [0.25, 0.3) is 22.1 Å². The highest BCUT2D eigenvalue weighted by atomic mass is 35.5.